The van der Waals surface area contributed by atoms with Crippen LogP contribution in [0, 0.1) is 20.2 Å². The number of hydrogen-bond donors (Lipinski definition) is 1. The second-order valence-corrected chi connectivity index (χ2v) is 1.56. The van der Waals surface area contributed by atoms with Gasteiger partial charge in [0.25, 0.3) is 5.09 Å². The summed E-state index contributed by atoms with van der Waals surface area (Å²) in [6, 6.07) is 0. The molecule has 0 saturated heterocycles. The van der Waals surface area contributed by atoms with E-state index in [1.807, 2.05) is 0 Å². The van der Waals surface area contributed by atoms with Crippen LogP contribution >= 0.6 is 0 Å². The molecule has 10 nitrogen and oxygen atoms in total. The molecule has 0 aromatic rings. The van der Waals surface area contributed by atoms with E-state index in [-0.39, 0.29) is 0 Å². The molecule has 0 heterocycles. The molecule has 0 aromatic carbocycles. The maximum absolute atomic E-state index is 10.3. The van der Waals surface area contributed by atoms with E-state index in [1.165, 1.54) is 5.43 Å². The molecule has 0 rings (SSSR count). The van der Waals surface area contributed by atoms with E-state index in [0.29, 0.717) is 0 Å². The number of nitrogens with zero attached hydrogens (tertiary/aromatic N) is 2. The molecule has 0 atom stereocenters. The monoisotopic (exact) mass is 195 g/mol. The van der Waals surface area contributed by atoms with Gasteiger partial charge in [-0.2, -0.15) is 0 Å². The third kappa shape index (κ3) is 7.77. The van der Waals surface area contributed by atoms with Gasteiger partial charge in [0.1, 0.15) is 13.2 Å². The first-order valence-electron chi connectivity index (χ1n) is 2.87. The van der Waals surface area contributed by atoms with Crippen LogP contribution in [0.3, 0.4) is 0 Å². The van der Waals surface area contributed by atoms with Crippen LogP contribution in [0.25, 0.3) is 0 Å². The lowest BCUT2D eigenvalue weighted by Gasteiger charge is -1.99. The summed E-state index contributed by atoms with van der Waals surface area (Å²) < 4.78 is 4.08. The van der Waals surface area contributed by atoms with Crippen LogP contribution < -0.4 is 5.43 Å². The third-order valence-corrected chi connectivity index (χ3v) is 0.696. The lowest BCUT2D eigenvalue weighted by Crippen LogP contribution is -2.30. The standard InChI is InChI=1S/C3H5N3O7/c7-3(4-5(8)9)12-1-2-13-6(10)11/h1-2H2,(H,4,7). The van der Waals surface area contributed by atoms with Gasteiger partial charge in [-0.1, -0.05) is 0 Å². The van der Waals surface area contributed by atoms with Gasteiger partial charge < -0.3 is 9.57 Å². The van der Waals surface area contributed by atoms with Crippen molar-refractivity contribution < 1.29 is 24.5 Å². The fourth-order valence-corrected chi connectivity index (χ4v) is 0.353. The topological polar surface area (TPSA) is 134 Å². The van der Waals surface area contributed by atoms with Crippen LogP contribution in [0.4, 0.5) is 4.79 Å². The average Bonchev–Trinajstić information content (AvgIpc) is 1.96. The van der Waals surface area contributed by atoms with Crippen molar-refractivity contribution >= 4 is 6.09 Å². The molecule has 1 amide bonds. The zero-order valence-corrected chi connectivity index (χ0v) is 6.17. The highest BCUT2D eigenvalue weighted by molar-refractivity contribution is 5.65. The highest BCUT2D eigenvalue weighted by atomic mass is 17.0. The van der Waals surface area contributed by atoms with Gasteiger partial charge in [-0.15, -0.1) is 10.1 Å². The van der Waals surface area contributed by atoms with E-state index in [2.05, 4.69) is 9.57 Å². The Balaban J connectivity index is 3.37. The van der Waals surface area contributed by atoms with Crippen molar-refractivity contribution in [1.82, 2.24) is 5.43 Å². The number of hydrazine groups is 1. The predicted octanol–water partition coefficient (Wildman–Crippen LogP) is -0.887. The van der Waals surface area contributed by atoms with Crippen LogP contribution in [0.1, 0.15) is 0 Å². The van der Waals surface area contributed by atoms with Gasteiger partial charge in [0.15, 0.2) is 5.03 Å². The number of rotatable bonds is 5. The number of nitro groups is 1. The van der Waals surface area contributed by atoms with Gasteiger partial charge >= 0.3 is 6.09 Å². The zero-order chi connectivity index (χ0) is 10.3. The Labute approximate surface area is 70.6 Å². The minimum atomic E-state index is -1.31. The first-order chi connectivity index (χ1) is 6.02. The lowest BCUT2D eigenvalue weighted by molar-refractivity contribution is -0.757. The van der Waals surface area contributed by atoms with E-state index >= 15 is 0 Å². The van der Waals surface area contributed by atoms with Gasteiger partial charge in [0, 0.05) is 0 Å². The zero-order valence-electron chi connectivity index (χ0n) is 6.17. The number of carbonyl (C=O) groups excluding carboxylic acids is 1. The SMILES string of the molecule is O=C(N[N+](=O)[O-])OCCO[N+](=O)[O-]. The molecule has 0 bridgehead atoms. The molecule has 0 fully saturated rings. The second-order valence-electron chi connectivity index (χ2n) is 1.56. The van der Waals surface area contributed by atoms with Crippen LogP contribution in [-0.2, 0) is 9.57 Å². The number of carbonyl (C=O) groups is 1. The van der Waals surface area contributed by atoms with Gasteiger partial charge in [-0.05, 0) is 5.43 Å². The van der Waals surface area contributed by atoms with E-state index in [1.54, 1.807) is 0 Å². The van der Waals surface area contributed by atoms with Crippen molar-refractivity contribution in [2.24, 2.45) is 0 Å². The molecular weight excluding hydrogens is 190 g/mol. The Morgan fingerprint density at radius 2 is 1.92 bits per heavy atom. The van der Waals surface area contributed by atoms with Crippen molar-refractivity contribution in [1.29, 1.82) is 0 Å². The first kappa shape index (κ1) is 10.9. The largest absolute Gasteiger partial charge is 0.465 e. The van der Waals surface area contributed by atoms with Crippen LogP contribution in [-0.4, -0.2) is 29.4 Å². The summed E-state index contributed by atoms with van der Waals surface area (Å²) in [7, 11) is 0. The average molecular weight is 195 g/mol. The minimum Gasteiger partial charge on any atom is -0.444 e. The Hall–Kier alpha value is -2.13. The molecule has 0 aliphatic heterocycles. The lowest BCUT2D eigenvalue weighted by atomic mass is 10.8. The summed E-state index contributed by atoms with van der Waals surface area (Å²) in [6.45, 7) is -0.918. The number of nitrogens with one attached hydrogen (secondary N) is 1. The van der Waals surface area contributed by atoms with E-state index in [9.17, 15) is 25.0 Å². The van der Waals surface area contributed by atoms with E-state index < -0.39 is 29.4 Å². The van der Waals surface area contributed by atoms with E-state index in [4.69, 9.17) is 0 Å². The summed E-state index contributed by atoms with van der Waals surface area (Å²) in [4.78, 5) is 33.2. The third-order valence-electron chi connectivity index (χ3n) is 0.696. The fraction of sp³-hybridized carbons (Fsp3) is 0.667. The second kappa shape index (κ2) is 5.51. The maximum atomic E-state index is 10.3. The summed E-state index contributed by atoms with van der Waals surface area (Å²) in [5.41, 5.74) is 1.17. The Bertz CT molecular complexity index is 215. The molecule has 0 aliphatic carbocycles. The summed E-state index contributed by atoms with van der Waals surface area (Å²) in [5.74, 6) is 0. The van der Waals surface area contributed by atoms with Crippen LogP contribution in [0.2, 0.25) is 0 Å². The Morgan fingerprint density at radius 3 is 2.38 bits per heavy atom. The first-order valence-corrected chi connectivity index (χ1v) is 2.87. The molecule has 1 N–H and O–H groups in total. The maximum Gasteiger partial charge on any atom is 0.465 e. The molecule has 74 valence electrons. The van der Waals surface area contributed by atoms with Crippen molar-refractivity contribution in [3.8, 4) is 0 Å². The Morgan fingerprint density at radius 1 is 1.31 bits per heavy atom. The highest BCUT2D eigenvalue weighted by Gasteiger charge is 2.07. The highest BCUT2D eigenvalue weighted by Crippen LogP contribution is 1.80. The minimum absolute atomic E-state index is 0.444. The summed E-state index contributed by atoms with van der Waals surface area (Å²) in [6.07, 6.45) is -1.31. The summed E-state index contributed by atoms with van der Waals surface area (Å²) in [5, 5.41) is 17.0. The molecular formula is C3H5N3O7. The van der Waals surface area contributed by atoms with Crippen molar-refractivity contribution in [2.75, 3.05) is 13.2 Å². The fourth-order valence-electron chi connectivity index (χ4n) is 0.353. The molecule has 10 heteroatoms. The van der Waals surface area contributed by atoms with Gasteiger partial charge in [-0.25, -0.2) is 14.9 Å². The molecule has 0 spiro atoms. The molecule has 0 aliphatic rings. The smallest absolute Gasteiger partial charge is 0.444 e. The van der Waals surface area contributed by atoms with Crippen molar-refractivity contribution in [3.05, 3.63) is 20.2 Å². The van der Waals surface area contributed by atoms with Crippen LogP contribution in [0.15, 0.2) is 0 Å². The number of hydrogen-bond acceptors (Lipinski definition) is 7. The molecule has 0 unspecified atom stereocenters. The van der Waals surface area contributed by atoms with E-state index in [0.717, 1.165) is 0 Å². The molecule has 0 saturated carbocycles. The van der Waals surface area contributed by atoms with Crippen LogP contribution in [0.5, 0.6) is 0 Å². The number of amides is 1. The van der Waals surface area contributed by atoms with Gasteiger partial charge in [0.2, 0.25) is 0 Å². The quantitative estimate of drug-likeness (QED) is 0.341. The van der Waals surface area contributed by atoms with Gasteiger partial charge in [0.05, 0.1) is 0 Å². The van der Waals surface area contributed by atoms with Crippen molar-refractivity contribution in [2.45, 2.75) is 0 Å². The normalized spacial score (nSPS) is 8.62. The summed E-state index contributed by atoms with van der Waals surface area (Å²) >= 11 is 0. The predicted molar refractivity (Wildman–Crippen MR) is 34.4 cm³/mol. The Kier molecular flexibility index (Phi) is 4.61. The molecule has 13 heavy (non-hydrogen) atoms. The van der Waals surface area contributed by atoms with Gasteiger partial charge in [-0.3, -0.25) is 0 Å². The van der Waals surface area contributed by atoms with Crippen molar-refractivity contribution in [3.63, 3.8) is 0 Å². The molecule has 0 aromatic heterocycles. The number of ether oxygens (including phenoxy) is 1. The molecule has 0 radical (unpaired) electrons.